The molecule has 1 N–H and O–H groups in total. The van der Waals surface area contributed by atoms with Crippen molar-refractivity contribution < 1.29 is 4.79 Å². The summed E-state index contributed by atoms with van der Waals surface area (Å²) < 4.78 is 1.63. The maximum Gasteiger partial charge on any atom is 0.254 e. The molecule has 0 bridgehead atoms. The van der Waals surface area contributed by atoms with Crippen molar-refractivity contribution in [2.75, 3.05) is 12.3 Å². The quantitative estimate of drug-likeness (QED) is 0.806. The van der Waals surface area contributed by atoms with Crippen LogP contribution in [0.3, 0.4) is 0 Å². The Bertz CT molecular complexity index is 498. The van der Waals surface area contributed by atoms with Crippen LogP contribution in [0.1, 0.15) is 25.1 Å². The normalized spacial score (nSPS) is 17.9. The van der Waals surface area contributed by atoms with E-state index >= 15 is 0 Å². The first-order valence-electron chi connectivity index (χ1n) is 5.61. The molecule has 1 amide bonds. The number of fused-ring (bicyclic) bond motifs is 1. The first-order chi connectivity index (χ1) is 8.11. The van der Waals surface area contributed by atoms with Gasteiger partial charge in [0.25, 0.3) is 5.56 Å². The van der Waals surface area contributed by atoms with Crippen molar-refractivity contribution in [3.05, 3.63) is 22.1 Å². The van der Waals surface area contributed by atoms with Gasteiger partial charge in [0, 0.05) is 30.5 Å². The molecule has 1 atom stereocenters. The number of nitrogens with one attached hydrogen (secondary N) is 1. The molecule has 92 valence electrons. The van der Waals surface area contributed by atoms with Gasteiger partial charge in [-0.25, -0.2) is 4.98 Å². The number of aromatic nitrogens is 2. The molecule has 1 aliphatic rings. The summed E-state index contributed by atoms with van der Waals surface area (Å²) in [5.41, 5.74) is 0.666. The standard InChI is InChI=1S/C11H15N3O2S/c1-3-12-9(15)5-8-6-17-11-13-7(2)4-10(16)14(8)11/h4,8H,3,5-6H2,1-2H3,(H,12,15). The Morgan fingerprint density at radius 2 is 2.47 bits per heavy atom. The second-order valence-electron chi connectivity index (χ2n) is 4.01. The Morgan fingerprint density at radius 3 is 3.18 bits per heavy atom. The summed E-state index contributed by atoms with van der Waals surface area (Å²) in [6.07, 6.45) is 0.346. The van der Waals surface area contributed by atoms with Gasteiger partial charge in [-0.1, -0.05) is 11.8 Å². The average molecular weight is 253 g/mol. The molecule has 1 aliphatic heterocycles. The molecular formula is C11H15N3O2S. The van der Waals surface area contributed by atoms with Gasteiger partial charge < -0.3 is 5.32 Å². The van der Waals surface area contributed by atoms with Gasteiger partial charge >= 0.3 is 0 Å². The van der Waals surface area contributed by atoms with Crippen molar-refractivity contribution >= 4 is 17.7 Å². The van der Waals surface area contributed by atoms with Crippen LogP contribution in [0.25, 0.3) is 0 Å². The molecule has 5 nitrogen and oxygen atoms in total. The fraction of sp³-hybridized carbons (Fsp3) is 0.545. The lowest BCUT2D eigenvalue weighted by Gasteiger charge is -2.12. The third-order valence-corrected chi connectivity index (χ3v) is 3.71. The molecule has 0 saturated carbocycles. The second kappa shape index (κ2) is 4.91. The Kier molecular flexibility index (Phi) is 3.51. The van der Waals surface area contributed by atoms with Crippen molar-refractivity contribution in [2.24, 2.45) is 0 Å². The summed E-state index contributed by atoms with van der Waals surface area (Å²) in [5, 5.41) is 3.48. The number of nitrogens with zero attached hydrogens (tertiary/aromatic N) is 2. The molecule has 2 rings (SSSR count). The molecule has 0 radical (unpaired) electrons. The summed E-state index contributed by atoms with van der Waals surface area (Å²) in [4.78, 5) is 27.7. The first-order valence-corrected chi connectivity index (χ1v) is 6.60. The van der Waals surface area contributed by atoms with Crippen molar-refractivity contribution in [3.8, 4) is 0 Å². The van der Waals surface area contributed by atoms with Crippen LogP contribution in [0.2, 0.25) is 0 Å². The van der Waals surface area contributed by atoms with E-state index < -0.39 is 0 Å². The molecule has 1 unspecified atom stereocenters. The number of carbonyl (C=O) groups is 1. The van der Waals surface area contributed by atoms with E-state index in [4.69, 9.17) is 0 Å². The Labute approximate surface area is 104 Å². The minimum atomic E-state index is -0.0675. The third kappa shape index (κ3) is 2.52. The van der Waals surface area contributed by atoms with E-state index in [2.05, 4.69) is 10.3 Å². The highest BCUT2D eigenvalue weighted by molar-refractivity contribution is 7.99. The van der Waals surface area contributed by atoms with Gasteiger partial charge in [-0.05, 0) is 13.8 Å². The van der Waals surface area contributed by atoms with Gasteiger partial charge in [0.2, 0.25) is 5.91 Å². The molecule has 2 heterocycles. The molecule has 0 saturated heterocycles. The van der Waals surface area contributed by atoms with Crippen LogP contribution in [-0.4, -0.2) is 27.8 Å². The predicted molar refractivity (Wildman–Crippen MR) is 66.3 cm³/mol. The van der Waals surface area contributed by atoms with Gasteiger partial charge in [0.1, 0.15) is 0 Å². The van der Waals surface area contributed by atoms with Gasteiger partial charge in [0.05, 0.1) is 6.04 Å². The van der Waals surface area contributed by atoms with Gasteiger partial charge in [-0.2, -0.15) is 0 Å². The molecule has 0 aliphatic carbocycles. The number of amides is 1. The smallest absolute Gasteiger partial charge is 0.254 e. The molecule has 0 spiro atoms. The largest absolute Gasteiger partial charge is 0.356 e. The number of thioether (sulfide) groups is 1. The van der Waals surface area contributed by atoms with E-state index in [1.54, 1.807) is 11.5 Å². The van der Waals surface area contributed by atoms with Gasteiger partial charge in [-0.3, -0.25) is 14.2 Å². The maximum absolute atomic E-state index is 11.9. The molecule has 0 aromatic carbocycles. The van der Waals surface area contributed by atoms with E-state index in [1.165, 1.54) is 17.8 Å². The van der Waals surface area contributed by atoms with E-state index in [1.807, 2.05) is 6.92 Å². The van der Waals surface area contributed by atoms with Crippen LogP contribution < -0.4 is 10.9 Å². The van der Waals surface area contributed by atoms with Crippen molar-refractivity contribution in [1.82, 2.24) is 14.9 Å². The minimum absolute atomic E-state index is 0.0153. The van der Waals surface area contributed by atoms with Crippen LogP contribution in [0.5, 0.6) is 0 Å². The molecule has 17 heavy (non-hydrogen) atoms. The number of hydrogen-bond acceptors (Lipinski definition) is 4. The van der Waals surface area contributed by atoms with Crippen LogP contribution in [-0.2, 0) is 4.79 Å². The zero-order valence-electron chi connectivity index (χ0n) is 9.90. The lowest BCUT2D eigenvalue weighted by molar-refractivity contribution is -0.121. The predicted octanol–water partition coefficient (Wildman–Crippen LogP) is 0.725. The van der Waals surface area contributed by atoms with Crippen LogP contribution in [0.4, 0.5) is 0 Å². The van der Waals surface area contributed by atoms with E-state index in [0.29, 0.717) is 13.0 Å². The minimum Gasteiger partial charge on any atom is -0.356 e. The number of hydrogen-bond donors (Lipinski definition) is 1. The van der Waals surface area contributed by atoms with E-state index in [-0.39, 0.29) is 17.5 Å². The summed E-state index contributed by atoms with van der Waals surface area (Å²) in [6, 6.07) is 1.45. The lowest BCUT2D eigenvalue weighted by Crippen LogP contribution is -2.30. The Morgan fingerprint density at radius 1 is 1.71 bits per heavy atom. The number of aryl methyl sites for hydroxylation is 1. The summed E-state index contributed by atoms with van der Waals surface area (Å²) >= 11 is 1.54. The van der Waals surface area contributed by atoms with E-state index in [9.17, 15) is 9.59 Å². The molecule has 1 aromatic heterocycles. The third-order valence-electron chi connectivity index (χ3n) is 2.61. The highest BCUT2D eigenvalue weighted by Gasteiger charge is 2.26. The fourth-order valence-corrected chi connectivity index (χ4v) is 3.09. The zero-order chi connectivity index (χ0) is 12.4. The second-order valence-corrected chi connectivity index (χ2v) is 5.00. The molecule has 0 fully saturated rings. The maximum atomic E-state index is 11.9. The number of carbonyl (C=O) groups excluding carboxylic acids is 1. The first kappa shape index (κ1) is 12.2. The van der Waals surface area contributed by atoms with Crippen molar-refractivity contribution in [3.63, 3.8) is 0 Å². The topological polar surface area (TPSA) is 64.0 Å². The van der Waals surface area contributed by atoms with Crippen molar-refractivity contribution in [2.45, 2.75) is 31.5 Å². The monoisotopic (exact) mass is 253 g/mol. The van der Waals surface area contributed by atoms with Crippen molar-refractivity contribution in [1.29, 1.82) is 0 Å². The van der Waals surface area contributed by atoms with E-state index in [0.717, 1.165) is 16.6 Å². The summed E-state index contributed by atoms with van der Waals surface area (Å²) in [6.45, 7) is 4.30. The Balaban J connectivity index is 2.22. The zero-order valence-corrected chi connectivity index (χ0v) is 10.7. The molecular weight excluding hydrogens is 238 g/mol. The SMILES string of the molecule is CCNC(=O)CC1CSc2nc(C)cc(=O)n21. The average Bonchev–Trinajstić information content (AvgIpc) is 2.61. The van der Waals surface area contributed by atoms with Gasteiger partial charge in [-0.15, -0.1) is 0 Å². The van der Waals surface area contributed by atoms with Crippen LogP contribution in [0, 0.1) is 6.92 Å². The highest BCUT2D eigenvalue weighted by Crippen LogP contribution is 2.31. The summed E-state index contributed by atoms with van der Waals surface area (Å²) in [7, 11) is 0. The van der Waals surface area contributed by atoms with Gasteiger partial charge in [0.15, 0.2) is 5.16 Å². The molecule has 6 heteroatoms. The fourth-order valence-electron chi connectivity index (χ4n) is 1.90. The Hall–Kier alpha value is -1.30. The summed E-state index contributed by atoms with van der Waals surface area (Å²) in [5.74, 6) is 0.724. The lowest BCUT2D eigenvalue weighted by atomic mass is 10.2. The van der Waals surface area contributed by atoms with Crippen LogP contribution >= 0.6 is 11.8 Å². The highest BCUT2D eigenvalue weighted by atomic mass is 32.2. The number of rotatable bonds is 3. The van der Waals surface area contributed by atoms with Crippen LogP contribution in [0.15, 0.2) is 16.0 Å². The molecule has 1 aromatic rings.